The number of aryl methyl sites for hydroxylation is 1. The van der Waals surface area contributed by atoms with E-state index >= 15 is 0 Å². The van der Waals surface area contributed by atoms with Gasteiger partial charge in [0, 0.05) is 31.0 Å². The maximum atomic E-state index is 13.1. The van der Waals surface area contributed by atoms with Crippen molar-refractivity contribution in [3.63, 3.8) is 0 Å². The third kappa shape index (κ3) is 6.70. The van der Waals surface area contributed by atoms with Gasteiger partial charge in [0.05, 0.1) is 6.54 Å². The van der Waals surface area contributed by atoms with Crippen LogP contribution in [0.1, 0.15) is 28.1 Å². The highest BCUT2D eigenvalue weighted by Crippen LogP contribution is 2.21. The molecule has 0 aliphatic carbocycles. The number of hydrogen-bond donors (Lipinski definition) is 1. The molecule has 1 heterocycles. The van der Waals surface area contributed by atoms with Crippen LogP contribution in [0.2, 0.25) is 0 Å². The lowest BCUT2D eigenvalue weighted by molar-refractivity contribution is -0.119. The van der Waals surface area contributed by atoms with Crippen LogP contribution in [0.4, 0.5) is 9.52 Å². The Balaban J connectivity index is 1.45. The van der Waals surface area contributed by atoms with E-state index in [0.717, 1.165) is 22.5 Å². The zero-order chi connectivity index (χ0) is 23.0. The molecule has 0 saturated carbocycles. The normalized spacial score (nSPS) is 10.7. The van der Waals surface area contributed by atoms with Gasteiger partial charge in [0.15, 0.2) is 0 Å². The maximum Gasteiger partial charge on any atom is 0.239 e. The molecule has 0 aliphatic heterocycles. The van der Waals surface area contributed by atoms with Crippen LogP contribution in [0.15, 0.2) is 78.9 Å². The zero-order valence-electron chi connectivity index (χ0n) is 18.4. The second kappa shape index (κ2) is 10.8. The van der Waals surface area contributed by atoms with E-state index in [9.17, 15) is 9.18 Å². The van der Waals surface area contributed by atoms with Crippen LogP contribution >= 0.6 is 11.5 Å². The lowest BCUT2D eigenvalue weighted by atomic mass is 10.1. The van der Waals surface area contributed by atoms with Crippen molar-refractivity contribution in [3.05, 3.63) is 113 Å². The van der Waals surface area contributed by atoms with Crippen molar-refractivity contribution in [2.45, 2.75) is 26.4 Å². The molecule has 1 aromatic heterocycles. The number of hydrogen-bond acceptors (Lipinski definition) is 5. The van der Waals surface area contributed by atoms with Crippen LogP contribution in [-0.2, 0) is 24.3 Å². The van der Waals surface area contributed by atoms with E-state index in [-0.39, 0.29) is 18.3 Å². The van der Waals surface area contributed by atoms with Gasteiger partial charge >= 0.3 is 0 Å². The predicted molar refractivity (Wildman–Crippen MR) is 130 cm³/mol. The quantitative estimate of drug-likeness (QED) is 0.386. The van der Waals surface area contributed by atoms with Gasteiger partial charge in [-0.1, -0.05) is 72.3 Å². The molecule has 0 bridgehead atoms. The molecule has 0 aliphatic rings. The number of carbonyl (C=O) groups is 1. The van der Waals surface area contributed by atoms with Crippen LogP contribution in [-0.4, -0.2) is 21.8 Å². The van der Waals surface area contributed by atoms with Crippen molar-refractivity contribution in [2.24, 2.45) is 0 Å². The highest BCUT2D eigenvalue weighted by molar-refractivity contribution is 7.09. The Morgan fingerprint density at radius 1 is 0.939 bits per heavy atom. The highest BCUT2D eigenvalue weighted by atomic mass is 32.1. The van der Waals surface area contributed by atoms with Crippen molar-refractivity contribution in [3.8, 4) is 0 Å². The summed E-state index contributed by atoms with van der Waals surface area (Å²) in [6.07, 6.45) is 0.646. The summed E-state index contributed by atoms with van der Waals surface area (Å²) in [4.78, 5) is 19.4. The molecule has 0 fully saturated rings. The lowest BCUT2D eigenvalue weighted by Crippen LogP contribution is -2.36. The Morgan fingerprint density at radius 2 is 1.64 bits per heavy atom. The SMILES string of the molecule is Cc1ccc(Cc2nsc(N(CC(=O)NCc3ccc(F)cc3)Cc3ccccc3)n2)cc1. The van der Waals surface area contributed by atoms with E-state index in [4.69, 9.17) is 4.98 Å². The number of benzene rings is 3. The zero-order valence-corrected chi connectivity index (χ0v) is 19.2. The Labute approximate surface area is 197 Å². The first-order valence-electron chi connectivity index (χ1n) is 10.7. The van der Waals surface area contributed by atoms with Gasteiger partial charge in [-0.2, -0.15) is 4.37 Å². The fourth-order valence-corrected chi connectivity index (χ4v) is 4.04. The average Bonchev–Trinajstić information content (AvgIpc) is 3.29. The summed E-state index contributed by atoms with van der Waals surface area (Å²) in [5.74, 6) is 0.311. The minimum Gasteiger partial charge on any atom is -0.350 e. The Bertz CT molecular complexity index is 1180. The molecule has 168 valence electrons. The maximum absolute atomic E-state index is 13.1. The largest absolute Gasteiger partial charge is 0.350 e. The van der Waals surface area contributed by atoms with Crippen LogP contribution < -0.4 is 10.2 Å². The van der Waals surface area contributed by atoms with Gasteiger partial charge in [-0.05, 0) is 35.7 Å². The first-order valence-corrected chi connectivity index (χ1v) is 11.5. The highest BCUT2D eigenvalue weighted by Gasteiger charge is 2.17. The summed E-state index contributed by atoms with van der Waals surface area (Å²) in [5.41, 5.74) is 4.29. The van der Waals surface area contributed by atoms with Crippen LogP contribution in [0.3, 0.4) is 0 Å². The summed E-state index contributed by atoms with van der Waals surface area (Å²) >= 11 is 1.30. The van der Waals surface area contributed by atoms with Crippen LogP contribution in [0, 0.1) is 12.7 Å². The molecular formula is C26H25FN4OS. The molecule has 0 unspecified atom stereocenters. The second-order valence-corrected chi connectivity index (χ2v) is 8.63. The standard InChI is InChI=1S/C26H25FN4OS/c1-19-7-9-20(10-8-19)15-24-29-26(33-30-24)31(17-22-5-3-2-4-6-22)18-25(32)28-16-21-11-13-23(27)14-12-21/h2-14H,15-18H2,1H3,(H,28,32). The molecule has 4 aromatic rings. The monoisotopic (exact) mass is 460 g/mol. The Morgan fingerprint density at radius 3 is 2.36 bits per heavy atom. The summed E-state index contributed by atoms with van der Waals surface area (Å²) in [6.45, 7) is 3.10. The Kier molecular flexibility index (Phi) is 7.42. The van der Waals surface area contributed by atoms with Gasteiger partial charge in [0.1, 0.15) is 11.6 Å². The van der Waals surface area contributed by atoms with Gasteiger partial charge in [-0.15, -0.1) is 0 Å². The number of halogens is 1. The van der Waals surface area contributed by atoms with Crippen molar-refractivity contribution >= 4 is 22.6 Å². The van der Waals surface area contributed by atoms with Gasteiger partial charge in [0.25, 0.3) is 0 Å². The minimum atomic E-state index is -0.295. The third-order valence-corrected chi connectivity index (χ3v) is 5.98. The lowest BCUT2D eigenvalue weighted by Gasteiger charge is -2.21. The van der Waals surface area contributed by atoms with Crippen molar-refractivity contribution in [1.29, 1.82) is 0 Å². The smallest absolute Gasteiger partial charge is 0.239 e. The van der Waals surface area contributed by atoms with Gasteiger partial charge < -0.3 is 10.2 Å². The Hall–Kier alpha value is -3.58. The van der Waals surface area contributed by atoms with Gasteiger partial charge in [-0.3, -0.25) is 4.79 Å². The first-order chi connectivity index (χ1) is 16.0. The van der Waals surface area contributed by atoms with Crippen LogP contribution in [0.5, 0.6) is 0 Å². The van der Waals surface area contributed by atoms with E-state index < -0.39 is 0 Å². The van der Waals surface area contributed by atoms with E-state index in [1.807, 2.05) is 35.2 Å². The van der Waals surface area contributed by atoms with Crippen molar-refractivity contribution in [2.75, 3.05) is 11.4 Å². The molecule has 0 spiro atoms. The predicted octanol–water partition coefficient (Wildman–Crippen LogP) is 4.90. The molecule has 1 amide bonds. The van der Waals surface area contributed by atoms with E-state index in [1.165, 1.54) is 29.2 Å². The number of carbonyl (C=O) groups excluding carboxylic acids is 1. The average molecular weight is 461 g/mol. The fourth-order valence-electron chi connectivity index (χ4n) is 3.36. The van der Waals surface area contributed by atoms with E-state index in [0.29, 0.717) is 24.6 Å². The van der Waals surface area contributed by atoms with Gasteiger partial charge in [0.2, 0.25) is 11.0 Å². The molecule has 7 heteroatoms. The summed E-state index contributed by atoms with van der Waals surface area (Å²) in [5, 5.41) is 3.62. The van der Waals surface area contributed by atoms with Crippen molar-refractivity contribution in [1.82, 2.24) is 14.7 Å². The molecule has 4 rings (SSSR count). The summed E-state index contributed by atoms with van der Waals surface area (Å²) in [6, 6.07) is 24.4. The van der Waals surface area contributed by atoms with Crippen molar-refractivity contribution < 1.29 is 9.18 Å². The van der Waals surface area contributed by atoms with Crippen LogP contribution in [0.25, 0.3) is 0 Å². The second-order valence-electron chi connectivity index (χ2n) is 7.90. The number of amides is 1. The minimum absolute atomic E-state index is 0.134. The number of nitrogens with zero attached hydrogens (tertiary/aromatic N) is 3. The molecule has 0 saturated heterocycles. The molecule has 33 heavy (non-hydrogen) atoms. The van der Waals surface area contributed by atoms with E-state index in [2.05, 4.69) is 40.9 Å². The molecular weight excluding hydrogens is 435 g/mol. The summed E-state index contributed by atoms with van der Waals surface area (Å²) < 4.78 is 17.6. The fraction of sp³-hybridized carbons (Fsp3) is 0.192. The number of nitrogens with one attached hydrogen (secondary N) is 1. The molecule has 5 nitrogen and oxygen atoms in total. The van der Waals surface area contributed by atoms with Gasteiger partial charge in [-0.25, -0.2) is 9.37 Å². The first kappa shape index (κ1) is 22.6. The number of rotatable bonds is 9. The molecule has 3 aromatic carbocycles. The summed E-state index contributed by atoms with van der Waals surface area (Å²) in [7, 11) is 0. The molecule has 1 N–H and O–H groups in total. The number of aromatic nitrogens is 2. The molecule has 0 atom stereocenters. The third-order valence-electron chi connectivity index (χ3n) is 5.16. The number of anilines is 1. The van der Waals surface area contributed by atoms with E-state index in [1.54, 1.807) is 12.1 Å². The molecule has 0 radical (unpaired) electrons. The topological polar surface area (TPSA) is 58.1 Å².